The van der Waals surface area contributed by atoms with Crippen LogP contribution in [-0.2, 0) is 0 Å². The van der Waals surface area contributed by atoms with E-state index in [1.54, 1.807) is 17.0 Å². The van der Waals surface area contributed by atoms with Gasteiger partial charge in [-0.1, -0.05) is 14.9 Å². The lowest BCUT2D eigenvalue weighted by atomic mass is 9.95. The van der Waals surface area contributed by atoms with Gasteiger partial charge < -0.3 is 29.5 Å². The van der Waals surface area contributed by atoms with Gasteiger partial charge in [0.2, 0.25) is 0 Å². The maximum absolute atomic E-state index is 14.1. The normalized spacial score (nSPS) is 27.3. The lowest BCUT2D eigenvalue weighted by Gasteiger charge is -2.26. The van der Waals surface area contributed by atoms with Crippen LogP contribution in [0.3, 0.4) is 0 Å². The van der Waals surface area contributed by atoms with Crippen LogP contribution in [0.1, 0.15) is 49.4 Å². The van der Waals surface area contributed by atoms with Crippen LogP contribution in [0.2, 0.25) is 0 Å². The van der Waals surface area contributed by atoms with E-state index in [-0.39, 0.29) is 49.9 Å². The average Bonchev–Trinajstić information content (AvgIpc) is 3.71. The molecule has 6 rings (SSSR count). The zero-order valence-electron chi connectivity index (χ0n) is 24.4. The van der Waals surface area contributed by atoms with Crippen LogP contribution < -0.4 is 14.8 Å². The number of amides is 2. The molecule has 10 heteroatoms. The van der Waals surface area contributed by atoms with E-state index in [0.717, 1.165) is 32.7 Å². The van der Waals surface area contributed by atoms with E-state index in [0.29, 0.717) is 41.7 Å². The largest absolute Gasteiger partial charge is 0.497 e. The third kappa shape index (κ3) is 6.65. The number of fused-ring (bicyclic) bond motifs is 2. The standard InChI is InChI=1S/C16H21FN2O2.C15H19FN2O2.2CH4/c1-10-14-9-18(2)7-11(14)8-19(10)16(20)13-5-4-12(21-3)6-15(13)17;1-9-13-7-17-6-10(13)8-18(9)15(19)12-4-3-11(20-2)5-14(12)16;;/h4-6,10-11,14H,7-9H2,1-3H3;3-5,9-10,13,17H,6-8H2,1-2H3;2*1H4/t10-,11+,14-;9-,10+,13-;;/m00../s1. The third-order valence-electron chi connectivity index (χ3n) is 9.49. The number of methoxy groups -OCH3 is 2. The molecule has 1 N–H and O–H groups in total. The summed E-state index contributed by atoms with van der Waals surface area (Å²) >= 11 is 0. The molecule has 4 heterocycles. The van der Waals surface area contributed by atoms with Gasteiger partial charge in [-0.3, -0.25) is 9.59 Å². The quantitative estimate of drug-likeness (QED) is 0.550. The first-order valence-corrected chi connectivity index (χ1v) is 14.3. The second-order valence-electron chi connectivity index (χ2n) is 11.8. The average molecular weight is 603 g/mol. The van der Waals surface area contributed by atoms with E-state index in [2.05, 4.69) is 31.1 Å². The molecule has 2 amide bonds. The Balaban J connectivity index is 0.000000225. The van der Waals surface area contributed by atoms with Gasteiger partial charge in [-0.25, -0.2) is 8.78 Å². The van der Waals surface area contributed by atoms with Crippen molar-refractivity contribution in [2.75, 3.05) is 60.5 Å². The van der Waals surface area contributed by atoms with Crippen molar-refractivity contribution in [1.82, 2.24) is 20.0 Å². The summed E-state index contributed by atoms with van der Waals surface area (Å²) in [4.78, 5) is 31.1. The number of hydrogen-bond acceptors (Lipinski definition) is 6. The highest BCUT2D eigenvalue weighted by Crippen LogP contribution is 2.37. The molecule has 0 radical (unpaired) electrons. The molecule has 238 valence electrons. The summed E-state index contributed by atoms with van der Waals surface area (Å²) < 4.78 is 38.0. The maximum Gasteiger partial charge on any atom is 0.257 e. The lowest BCUT2D eigenvalue weighted by molar-refractivity contribution is 0.0710. The van der Waals surface area contributed by atoms with Crippen molar-refractivity contribution < 1.29 is 27.8 Å². The molecule has 0 unspecified atom stereocenters. The van der Waals surface area contributed by atoms with Gasteiger partial charge in [0.25, 0.3) is 11.8 Å². The smallest absolute Gasteiger partial charge is 0.257 e. The van der Waals surface area contributed by atoms with Gasteiger partial charge in [0.15, 0.2) is 0 Å². The van der Waals surface area contributed by atoms with Crippen molar-refractivity contribution in [2.45, 2.75) is 40.8 Å². The second-order valence-corrected chi connectivity index (χ2v) is 11.8. The molecule has 0 saturated carbocycles. The molecule has 0 bridgehead atoms. The minimum Gasteiger partial charge on any atom is -0.497 e. The molecule has 0 spiro atoms. The number of halogens is 2. The van der Waals surface area contributed by atoms with Crippen LogP contribution in [0.5, 0.6) is 11.5 Å². The van der Waals surface area contributed by atoms with Crippen molar-refractivity contribution in [1.29, 1.82) is 0 Å². The third-order valence-corrected chi connectivity index (χ3v) is 9.49. The highest BCUT2D eigenvalue weighted by Gasteiger charge is 2.46. The fraction of sp³-hybridized carbons (Fsp3) is 0.576. The van der Waals surface area contributed by atoms with Gasteiger partial charge in [-0.15, -0.1) is 0 Å². The topological polar surface area (TPSA) is 74.4 Å². The SMILES string of the molecule is C.C.COc1ccc(C(=O)N2C[C@H]3CN(C)C[C@H]3[C@@H]2C)c(F)c1.COc1ccc(C(=O)N2C[C@H]3CNC[C@H]3[C@@H]2C)c(F)c1. The predicted octanol–water partition coefficient (Wildman–Crippen LogP) is 4.64. The molecule has 2 aromatic rings. The van der Waals surface area contributed by atoms with Gasteiger partial charge in [0, 0.05) is 63.5 Å². The molecule has 2 aromatic carbocycles. The summed E-state index contributed by atoms with van der Waals surface area (Å²) in [6.45, 7) is 9.49. The van der Waals surface area contributed by atoms with E-state index in [4.69, 9.17) is 9.47 Å². The van der Waals surface area contributed by atoms with Crippen LogP contribution in [0.15, 0.2) is 36.4 Å². The molecule has 0 aromatic heterocycles. The minimum atomic E-state index is -0.517. The van der Waals surface area contributed by atoms with Crippen molar-refractivity contribution in [3.8, 4) is 11.5 Å². The number of ether oxygens (including phenoxy) is 2. The Hall–Kier alpha value is -3.24. The van der Waals surface area contributed by atoms with Crippen molar-refractivity contribution in [3.05, 3.63) is 59.2 Å². The van der Waals surface area contributed by atoms with E-state index in [1.807, 2.05) is 4.90 Å². The van der Waals surface area contributed by atoms with Gasteiger partial charge in [-0.05, 0) is 68.8 Å². The Morgan fingerprint density at radius 2 is 1.23 bits per heavy atom. The van der Waals surface area contributed by atoms with Gasteiger partial charge in [-0.2, -0.15) is 0 Å². The van der Waals surface area contributed by atoms with E-state index in [9.17, 15) is 18.4 Å². The first-order valence-electron chi connectivity index (χ1n) is 14.3. The van der Waals surface area contributed by atoms with Gasteiger partial charge in [0.05, 0.1) is 25.3 Å². The molecule has 43 heavy (non-hydrogen) atoms. The van der Waals surface area contributed by atoms with Crippen LogP contribution in [0.25, 0.3) is 0 Å². The van der Waals surface area contributed by atoms with Crippen molar-refractivity contribution in [3.63, 3.8) is 0 Å². The molecule has 4 saturated heterocycles. The summed E-state index contributed by atoms with van der Waals surface area (Å²) in [5, 5.41) is 3.35. The number of likely N-dealkylation sites (tertiary alicyclic amines) is 3. The Bertz CT molecular complexity index is 1290. The Kier molecular flexibility index (Phi) is 11.2. The Labute approximate surface area is 255 Å². The molecular weight excluding hydrogens is 554 g/mol. The predicted molar refractivity (Wildman–Crippen MR) is 165 cm³/mol. The monoisotopic (exact) mass is 602 g/mol. The fourth-order valence-corrected chi connectivity index (χ4v) is 7.11. The van der Waals surface area contributed by atoms with Crippen molar-refractivity contribution in [2.24, 2.45) is 23.7 Å². The minimum absolute atomic E-state index is 0. The van der Waals surface area contributed by atoms with Gasteiger partial charge in [0.1, 0.15) is 23.1 Å². The lowest BCUT2D eigenvalue weighted by Crippen LogP contribution is -2.38. The number of hydrogen-bond donors (Lipinski definition) is 1. The fourth-order valence-electron chi connectivity index (χ4n) is 7.11. The molecule has 6 atom stereocenters. The highest BCUT2D eigenvalue weighted by molar-refractivity contribution is 5.95. The second kappa shape index (κ2) is 14.0. The molecule has 4 fully saturated rings. The number of nitrogens with zero attached hydrogens (tertiary/aromatic N) is 3. The molecule has 8 nitrogen and oxygen atoms in total. The van der Waals surface area contributed by atoms with Crippen LogP contribution in [0, 0.1) is 35.3 Å². The maximum atomic E-state index is 14.1. The number of benzene rings is 2. The number of nitrogens with one attached hydrogen (secondary N) is 1. The van der Waals surface area contributed by atoms with E-state index < -0.39 is 11.6 Å². The van der Waals surface area contributed by atoms with Crippen molar-refractivity contribution >= 4 is 11.8 Å². The van der Waals surface area contributed by atoms with E-state index in [1.165, 1.54) is 38.5 Å². The summed E-state index contributed by atoms with van der Waals surface area (Å²) in [5.41, 5.74) is 0.265. The summed E-state index contributed by atoms with van der Waals surface area (Å²) in [7, 11) is 5.07. The molecule has 0 aliphatic carbocycles. The van der Waals surface area contributed by atoms with Crippen LogP contribution in [-0.4, -0.2) is 99.1 Å². The Morgan fingerprint density at radius 3 is 1.67 bits per heavy atom. The van der Waals surface area contributed by atoms with Crippen LogP contribution >= 0.6 is 0 Å². The number of carbonyl (C=O) groups is 2. The first kappa shape index (κ1) is 34.3. The zero-order valence-corrected chi connectivity index (χ0v) is 24.4. The highest BCUT2D eigenvalue weighted by atomic mass is 19.1. The van der Waals surface area contributed by atoms with E-state index >= 15 is 0 Å². The summed E-state index contributed by atoms with van der Waals surface area (Å²) in [6.07, 6.45) is 0. The molecule has 4 aliphatic rings. The molecule has 4 aliphatic heterocycles. The number of carbonyl (C=O) groups excluding carboxylic acids is 2. The summed E-state index contributed by atoms with van der Waals surface area (Å²) in [6, 6.07) is 9.13. The number of rotatable bonds is 4. The first-order chi connectivity index (χ1) is 19.6. The molecular formula is C33H48F2N4O4. The Morgan fingerprint density at radius 1 is 0.744 bits per heavy atom. The van der Waals surface area contributed by atoms with Gasteiger partial charge >= 0.3 is 0 Å². The summed E-state index contributed by atoms with van der Waals surface area (Å²) in [5.74, 6) is 1.39. The zero-order chi connectivity index (χ0) is 29.4. The van der Waals surface area contributed by atoms with Crippen LogP contribution in [0.4, 0.5) is 8.78 Å².